The Morgan fingerprint density at radius 1 is 1.53 bits per heavy atom. The van der Waals surface area contributed by atoms with Gasteiger partial charge in [0.1, 0.15) is 17.0 Å². The lowest BCUT2D eigenvalue weighted by Gasteiger charge is -2.23. The number of nitrogens with one attached hydrogen (secondary N) is 2. The number of hydrogen-bond donors (Lipinski definition) is 2. The van der Waals surface area contributed by atoms with Gasteiger partial charge in [-0.2, -0.15) is 0 Å². The summed E-state index contributed by atoms with van der Waals surface area (Å²) in [5, 5.41) is 10.2. The smallest absolute Gasteiger partial charge is 0.315 e. The summed E-state index contributed by atoms with van der Waals surface area (Å²) in [4.78, 5) is 17.2. The van der Waals surface area contributed by atoms with Crippen molar-refractivity contribution in [1.82, 2.24) is 20.8 Å². The summed E-state index contributed by atoms with van der Waals surface area (Å²) in [7, 11) is 0. The summed E-state index contributed by atoms with van der Waals surface area (Å²) in [6, 6.07) is 1.44. The number of rotatable bonds is 4. The summed E-state index contributed by atoms with van der Waals surface area (Å²) in [5.74, 6) is 0. The minimum Gasteiger partial charge on any atom is -0.364 e. The Labute approximate surface area is 115 Å². The molecule has 0 bridgehead atoms. The Morgan fingerprint density at radius 3 is 2.89 bits per heavy atom. The third kappa shape index (κ3) is 3.54. The first-order valence-corrected chi connectivity index (χ1v) is 6.67. The van der Waals surface area contributed by atoms with Crippen molar-refractivity contribution < 1.29 is 9.32 Å². The normalized spacial score (nSPS) is 11.3. The number of carbonyl (C=O) groups is 1. The van der Waals surface area contributed by atoms with Crippen LogP contribution in [-0.4, -0.2) is 16.2 Å². The van der Waals surface area contributed by atoms with E-state index in [0.29, 0.717) is 12.2 Å². The van der Waals surface area contributed by atoms with Crippen LogP contribution < -0.4 is 10.6 Å². The second kappa shape index (κ2) is 5.40. The highest BCUT2D eigenvalue weighted by molar-refractivity contribution is 7.11. The van der Waals surface area contributed by atoms with Gasteiger partial charge in [0.05, 0.1) is 12.1 Å². The van der Waals surface area contributed by atoms with E-state index in [0.717, 1.165) is 9.88 Å². The quantitative estimate of drug-likeness (QED) is 0.899. The predicted octanol–water partition coefficient (Wildman–Crippen LogP) is 2.17. The second-order valence-corrected chi connectivity index (χ2v) is 5.93. The van der Waals surface area contributed by atoms with E-state index in [4.69, 9.17) is 0 Å². The Hall–Kier alpha value is -1.89. The predicted molar refractivity (Wildman–Crippen MR) is 71.8 cm³/mol. The highest BCUT2D eigenvalue weighted by Gasteiger charge is 2.25. The van der Waals surface area contributed by atoms with E-state index in [9.17, 15) is 4.79 Å². The molecule has 2 amide bonds. The van der Waals surface area contributed by atoms with E-state index >= 15 is 0 Å². The molecule has 0 radical (unpaired) electrons. The van der Waals surface area contributed by atoms with Crippen LogP contribution in [0.15, 0.2) is 23.0 Å². The van der Waals surface area contributed by atoms with Crippen molar-refractivity contribution in [3.8, 4) is 0 Å². The van der Waals surface area contributed by atoms with Crippen LogP contribution in [0.5, 0.6) is 0 Å². The molecule has 0 aliphatic heterocycles. The lowest BCUT2D eigenvalue weighted by molar-refractivity contribution is 0.229. The first kappa shape index (κ1) is 13.5. The average Bonchev–Trinajstić information content (AvgIpc) is 2.96. The van der Waals surface area contributed by atoms with E-state index in [1.807, 2.05) is 20.8 Å². The minimum atomic E-state index is -0.507. The molecule has 0 spiro atoms. The first-order chi connectivity index (χ1) is 8.97. The molecule has 2 aromatic rings. The largest absolute Gasteiger partial charge is 0.364 e. The van der Waals surface area contributed by atoms with E-state index in [2.05, 4.69) is 25.3 Å². The number of aryl methyl sites for hydroxylation is 1. The van der Waals surface area contributed by atoms with Crippen molar-refractivity contribution in [2.75, 3.05) is 0 Å². The average molecular weight is 280 g/mol. The van der Waals surface area contributed by atoms with Gasteiger partial charge in [0, 0.05) is 17.1 Å². The van der Waals surface area contributed by atoms with Crippen molar-refractivity contribution >= 4 is 17.4 Å². The molecule has 2 aromatic heterocycles. The van der Waals surface area contributed by atoms with E-state index in [-0.39, 0.29) is 6.03 Å². The molecule has 0 aromatic carbocycles. The molecule has 0 aliphatic rings. The van der Waals surface area contributed by atoms with E-state index < -0.39 is 5.54 Å². The van der Waals surface area contributed by atoms with Gasteiger partial charge >= 0.3 is 6.03 Å². The standard InChI is InChI=1S/C12H16N4O2S/c1-8-6-13-10(19-8)12(2,3)15-11(17)14-7-9-4-5-18-16-9/h4-6H,7H2,1-3H3,(H2,14,15,17). The number of nitrogens with zero attached hydrogens (tertiary/aromatic N) is 2. The number of hydrogen-bond acceptors (Lipinski definition) is 5. The third-order valence-corrected chi connectivity index (χ3v) is 3.74. The van der Waals surface area contributed by atoms with Crippen LogP contribution in [0.25, 0.3) is 0 Å². The Balaban J connectivity index is 1.90. The molecule has 0 atom stereocenters. The SMILES string of the molecule is Cc1cnc(C(C)(C)NC(=O)NCc2ccon2)s1. The molecule has 102 valence electrons. The van der Waals surface area contributed by atoms with E-state index in [1.54, 1.807) is 23.6 Å². The van der Waals surface area contributed by atoms with Gasteiger partial charge in [0.25, 0.3) is 0 Å². The van der Waals surface area contributed by atoms with Crippen molar-refractivity contribution in [1.29, 1.82) is 0 Å². The highest BCUT2D eigenvalue weighted by atomic mass is 32.1. The molecule has 0 fully saturated rings. The van der Waals surface area contributed by atoms with Gasteiger partial charge < -0.3 is 15.2 Å². The zero-order valence-electron chi connectivity index (χ0n) is 11.1. The van der Waals surface area contributed by atoms with Gasteiger partial charge in [-0.25, -0.2) is 9.78 Å². The molecule has 2 rings (SSSR count). The van der Waals surface area contributed by atoms with Gasteiger partial charge in [-0.1, -0.05) is 5.16 Å². The third-order valence-electron chi connectivity index (χ3n) is 2.50. The van der Waals surface area contributed by atoms with Gasteiger partial charge in [-0.15, -0.1) is 11.3 Å². The maximum absolute atomic E-state index is 11.8. The van der Waals surface area contributed by atoms with E-state index in [1.165, 1.54) is 6.26 Å². The fraction of sp³-hybridized carbons (Fsp3) is 0.417. The van der Waals surface area contributed by atoms with Gasteiger partial charge in [-0.05, 0) is 20.8 Å². The summed E-state index contributed by atoms with van der Waals surface area (Å²) in [5.41, 5.74) is 0.172. The molecular formula is C12H16N4O2S. The molecule has 0 saturated carbocycles. The summed E-state index contributed by atoms with van der Waals surface area (Å²) >= 11 is 1.57. The van der Waals surface area contributed by atoms with Gasteiger partial charge in [-0.3, -0.25) is 0 Å². The lowest BCUT2D eigenvalue weighted by atomic mass is 10.1. The molecule has 2 N–H and O–H groups in total. The van der Waals surface area contributed by atoms with Crippen LogP contribution in [0.3, 0.4) is 0 Å². The monoisotopic (exact) mass is 280 g/mol. The maximum Gasteiger partial charge on any atom is 0.315 e. The number of carbonyl (C=O) groups excluding carboxylic acids is 1. The van der Waals surface area contributed by atoms with Crippen molar-refractivity contribution in [3.63, 3.8) is 0 Å². The zero-order valence-corrected chi connectivity index (χ0v) is 11.9. The molecule has 0 aliphatic carbocycles. The molecular weight excluding hydrogens is 264 g/mol. The topological polar surface area (TPSA) is 80.0 Å². The molecule has 6 nitrogen and oxygen atoms in total. The Bertz CT molecular complexity index is 548. The molecule has 0 saturated heterocycles. The van der Waals surface area contributed by atoms with Crippen LogP contribution >= 0.6 is 11.3 Å². The van der Waals surface area contributed by atoms with Crippen molar-refractivity contribution in [2.24, 2.45) is 0 Å². The lowest BCUT2D eigenvalue weighted by Crippen LogP contribution is -2.46. The number of thiazole rings is 1. The molecule has 0 unspecified atom stereocenters. The second-order valence-electron chi connectivity index (χ2n) is 4.70. The van der Waals surface area contributed by atoms with Crippen molar-refractivity contribution in [2.45, 2.75) is 32.9 Å². The maximum atomic E-state index is 11.8. The zero-order chi connectivity index (χ0) is 13.9. The Morgan fingerprint density at radius 2 is 2.32 bits per heavy atom. The van der Waals surface area contributed by atoms with Crippen LogP contribution in [0, 0.1) is 6.92 Å². The van der Waals surface area contributed by atoms with Crippen LogP contribution in [-0.2, 0) is 12.1 Å². The molecule has 7 heteroatoms. The summed E-state index contributed by atoms with van der Waals surface area (Å²) < 4.78 is 4.69. The first-order valence-electron chi connectivity index (χ1n) is 5.85. The number of urea groups is 1. The molecule has 19 heavy (non-hydrogen) atoms. The van der Waals surface area contributed by atoms with Gasteiger partial charge in [0.15, 0.2) is 0 Å². The van der Waals surface area contributed by atoms with Crippen LogP contribution in [0.2, 0.25) is 0 Å². The van der Waals surface area contributed by atoms with Crippen LogP contribution in [0.1, 0.15) is 29.4 Å². The minimum absolute atomic E-state index is 0.263. The Kier molecular flexibility index (Phi) is 3.84. The fourth-order valence-electron chi connectivity index (χ4n) is 1.52. The van der Waals surface area contributed by atoms with Crippen molar-refractivity contribution in [3.05, 3.63) is 34.1 Å². The number of aromatic nitrogens is 2. The summed E-state index contributed by atoms with van der Waals surface area (Å²) in [6.07, 6.45) is 3.27. The van der Waals surface area contributed by atoms with Gasteiger partial charge in [0.2, 0.25) is 0 Å². The summed E-state index contributed by atoms with van der Waals surface area (Å²) in [6.45, 7) is 6.15. The molecule has 2 heterocycles. The fourth-order valence-corrected chi connectivity index (χ4v) is 2.35. The number of amides is 2. The van der Waals surface area contributed by atoms with Crippen LogP contribution in [0.4, 0.5) is 4.79 Å². The highest BCUT2D eigenvalue weighted by Crippen LogP contribution is 2.24.